The summed E-state index contributed by atoms with van der Waals surface area (Å²) in [5, 5.41) is 3.64. The fourth-order valence-electron chi connectivity index (χ4n) is 2.23. The van der Waals surface area contributed by atoms with Crippen LogP contribution in [0, 0.1) is 12.8 Å². The molecule has 0 heterocycles. The Morgan fingerprint density at radius 3 is 2.53 bits per heavy atom. The number of hydrogen-bond donors (Lipinski definition) is 1. The lowest BCUT2D eigenvalue weighted by atomic mass is 9.95. The Kier molecular flexibility index (Phi) is 6.87. The van der Waals surface area contributed by atoms with E-state index in [1.165, 1.54) is 11.1 Å². The lowest BCUT2D eigenvalue weighted by Gasteiger charge is -2.23. The van der Waals surface area contributed by atoms with E-state index in [0.717, 1.165) is 29.6 Å². The summed E-state index contributed by atoms with van der Waals surface area (Å²) in [6, 6.07) is 4.66. The highest BCUT2D eigenvalue weighted by atomic mass is 79.9. The Labute approximate surface area is 126 Å². The SMILES string of the molecule is CCCNC(CC(C)C)c1cc(Br)c(C)cc1OC. The molecule has 1 rings (SSSR count). The number of benzene rings is 1. The largest absolute Gasteiger partial charge is 0.496 e. The quantitative estimate of drug-likeness (QED) is 0.772. The molecule has 0 aliphatic carbocycles. The summed E-state index contributed by atoms with van der Waals surface area (Å²) in [6.07, 6.45) is 2.26. The van der Waals surface area contributed by atoms with Crippen LogP contribution >= 0.6 is 15.9 Å². The van der Waals surface area contributed by atoms with Crippen molar-refractivity contribution in [1.29, 1.82) is 0 Å². The molecule has 0 radical (unpaired) electrons. The van der Waals surface area contributed by atoms with Gasteiger partial charge in [0.1, 0.15) is 5.75 Å². The van der Waals surface area contributed by atoms with E-state index in [0.29, 0.717) is 12.0 Å². The molecule has 1 unspecified atom stereocenters. The van der Waals surface area contributed by atoms with Crippen LogP contribution in [-0.2, 0) is 0 Å². The van der Waals surface area contributed by atoms with Crippen LogP contribution in [0.15, 0.2) is 16.6 Å². The first-order valence-corrected chi connectivity index (χ1v) is 7.86. The zero-order valence-corrected chi connectivity index (χ0v) is 14.3. The average Bonchev–Trinajstić information content (AvgIpc) is 2.36. The number of methoxy groups -OCH3 is 1. The molecule has 19 heavy (non-hydrogen) atoms. The van der Waals surface area contributed by atoms with Gasteiger partial charge in [-0.25, -0.2) is 0 Å². The van der Waals surface area contributed by atoms with Gasteiger partial charge in [0.15, 0.2) is 0 Å². The van der Waals surface area contributed by atoms with Gasteiger partial charge in [0, 0.05) is 16.1 Å². The van der Waals surface area contributed by atoms with E-state index in [1.54, 1.807) is 7.11 Å². The van der Waals surface area contributed by atoms with Crippen LogP contribution in [0.2, 0.25) is 0 Å². The molecule has 0 aromatic heterocycles. The van der Waals surface area contributed by atoms with Crippen LogP contribution in [0.5, 0.6) is 5.75 Å². The van der Waals surface area contributed by atoms with E-state index in [-0.39, 0.29) is 0 Å². The van der Waals surface area contributed by atoms with Crippen molar-refractivity contribution in [2.45, 2.75) is 46.6 Å². The van der Waals surface area contributed by atoms with Gasteiger partial charge in [-0.1, -0.05) is 36.7 Å². The third kappa shape index (κ3) is 4.81. The third-order valence-corrected chi connectivity index (χ3v) is 4.09. The number of rotatable bonds is 7. The molecule has 0 saturated carbocycles. The Hall–Kier alpha value is -0.540. The van der Waals surface area contributed by atoms with Crippen LogP contribution in [-0.4, -0.2) is 13.7 Å². The molecule has 0 aliphatic rings. The maximum atomic E-state index is 5.56. The lowest BCUT2D eigenvalue weighted by Crippen LogP contribution is -2.24. The summed E-state index contributed by atoms with van der Waals surface area (Å²) in [5.74, 6) is 1.63. The zero-order valence-electron chi connectivity index (χ0n) is 12.7. The summed E-state index contributed by atoms with van der Waals surface area (Å²) in [7, 11) is 1.75. The van der Waals surface area contributed by atoms with Gasteiger partial charge < -0.3 is 10.1 Å². The molecule has 2 nitrogen and oxygen atoms in total. The van der Waals surface area contributed by atoms with Crippen molar-refractivity contribution in [3.63, 3.8) is 0 Å². The summed E-state index contributed by atoms with van der Waals surface area (Å²) in [5.41, 5.74) is 2.46. The summed E-state index contributed by atoms with van der Waals surface area (Å²) >= 11 is 3.63. The molecule has 0 saturated heterocycles. The maximum absolute atomic E-state index is 5.56. The van der Waals surface area contributed by atoms with E-state index >= 15 is 0 Å². The molecule has 0 bridgehead atoms. The number of hydrogen-bond acceptors (Lipinski definition) is 2. The van der Waals surface area contributed by atoms with Crippen LogP contribution in [0.4, 0.5) is 0 Å². The summed E-state index contributed by atoms with van der Waals surface area (Å²) in [6.45, 7) is 9.84. The highest BCUT2D eigenvalue weighted by Crippen LogP contribution is 2.34. The Balaban J connectivity index is 3.08. The predicted octanol–water partition coefficient (Wildman–Crippen LogP) is 4.85. The first-order chi connectivity index (χ1) is 8.99. The zero-order chi connectivity index (χ0) is 14.4. The van der Waals surface area contributed by atoms with E-state index in [4.69, 9.17) is 4.74 Å². The number of aryl methyl sites for hydroxylation is 1. The predicted molar refractivity (Wildman–Crippen MR) is 85.9 cm³/mol. The second-order valence-electron chi connectivity index (χ2n) is 5.48. The van der Waals surface area contributed by atoms with Gasteiger partial charge in [-0.05, 0) is 49.9 Å². The summed E-state index contributed by atoms with van der Waals surface area (Å²) in [4.78, 5) is 0. The maximum Gasteiger partial charge on any atom is 0.123 e. The first-order valence-electron chi connectivity index (χ1n) is 7.07. The highest BCUT2D eigenvalue weighted by molar-refractivity contribution is 9.10. The van der Waals surface area contributed by atoms with E-state index in [1.807, 2.05) is 0 Å². The fraction of sp³-hybridized carbons (Fsp3) is 0.625. The minimum absolute atomic E-state index is 0.354. The number of nitrogens with one attached hydrogen (secondary N) is 1. The van der Waals surface area contributed by atoms with Crippen molar-refractivity contribution >= 4 is 15.9 Å². The number of ether oxygens (including phenoxy) is 1. The third-order valence-electron chi connectivity index (χ3n) is 3.23. The molecule has 3 heteroatoms. The molecule has 0 spiro atoms. The van der Waals surface area contributed by atoms with Gasteiger partial charge in [0.2, 0.25) is 0 Å². The summed E-state index contributed by atoms with van der Waals surface area (Å²) < 4.78 is 6.71. The van der Waals surface area contributed by atoms with Gasteiger partial charge in [-0.2, -0.15) is 0 Å². The van der Waals surface area contributed by atoms with Crippen molar-refractivity contribution in [1.82, 2.24) is 5.32 Å². The van der Waals surface area contributed by atoms with Crippen LogP contribution in [0.1, 0.15) is 50.8 Å². The molecular formula is C16H26BrNO. The van der Waals surface area contributed by atoms with Crippen LogP contribution < -0.4 is 10.1 Å². The lowest BCUT2D eigenvalue weighted by molar-refractivity contribution is 0.380. The van der Waals surface area contributed by atoms with Gasteiger partial charge in [0.05, 0.1) is 7.11 Å². The van der Waals surface area contributed by atoms with Crippen molar-refractivity contribution in [3.8, 4) is 5.75 Å². The molecule has 108 valence electrons. The second-order valence-corrected chi connectivity index (χ2v) is 6.33. The van der Waals surface area contributed by atoms with Gasteiger partial charge >= 0.3 is 0 Å². The van der Waals surface area contributed by atoms with Crippen LogP contribution in [0.3, 0.4) is 0 Å². The smallest absolute Gasteiger partial charge is 0.123 e. The normalized spacial score (nSPS) is 12.8. The minimum Gasteiger partial charge on any atom is -0.496 e. The van der Waals surface area contributed by atoms with Crippen molar-refractivity contribution in [3.05, 3.63) is 27.7 Å². The van der Waals surface area contributed by atoms with Gasteiger partial charge in [0.25, 0.3) is 0 Å². The highest BCUT2D eigenvalue weighted by Gasteiger charge is 2.18. The molecule has 0 amide bonds. The van der Waals surface area contributed by atoms with Gasteiger partial charge in [-0.15, -0.1) is 0 Å². The minimum atomic E-state index is 0.354. The molecule has 0 fully saturated rings. The van der Waals surface area contributed by atoms with E-state index < -0.39 is 0 Å². The molecular weight excluding hydrogens is 302 g/mol. The van der Waals surface area contributed by atoms with Crippen molar-refractivity contribution in [2.75, 3.05) is 13.7 Å². The monoisotopic (exact) mass is 327 g/mol. The van der Waals surface area contributed by atoms with E-state index in [9.17, 15) is 0 Å². The van der Waals surface area contributed by atoms with E-state index in [2.05, 4.69) is 61.1 Å². The average molecular weight is 328 g/mol. The van der Waals surface area contributed by atoms with Crippen LogP contribution in [0.25, 0.3) is 0 Å². The first kappa shape index (κ1) is 16.5. The standard InChI is InChI=1S/C16H26BrNO/c1-6-7-18-15(8-11(2)3)13-10-14(17)12(4)9-16(13)19-5/h9-11,15,18H,6-8H2,1-5H3. The molecule has 1 atom stereocenters. The molecule has 1 N–H and O–H groups in total. The van der Waals surface area contributed by atoms with Gasteiger partial charge in [-0.3, -0.25) is 0 Å². The molecule has 1 aromatic carbocycles. The molecule has 1 aromatic rings. The Bertz CT molecular complexity index is 404. The topological polar surface area (TPSA) is 21.3 Å². The Morgan fingerprint density at radius 2 is 2.00 bits per heavy atom. The molecule has 0 aliphatic heterocycles. The van der Waals surface area contributed by atoms with Crippen molar-refractivity contribution < 1.29 is 4.74 Å². The fourth-order valence-corrected chi connectivity index (χ4v) is 2.59. The second kappa shape index (κ2) is 7.91. The number of halogens is 1. The Morgan fingerprint density at radius 1 is 1.32 bits per heavy atom. The van der Waals surface area contributed by atoms with Crippen molar-refractivity contribution in [2.24, 2.45) is 5.92 Å².